The van der Waals surface area contributed by atoms with Crippen molar-refractivity contribution in [3.8, 4) is 0 Å². The molecule has 0 bridgehead atoms. The highest BCUT2D eigenvalue weighted by Gasteiger charge is 2.29. The quantitative estimate of drug-likeness (QED) is 0.523. The van der Waals surface area contributed by atoms with Gasteiger partial charge in [-0.1, -0.05) is 48.0 Å². The summed E-state index contributed by atoms with van der Waals surface area (Å²) in [4.78, 5) is 22.0. The van der Waals surface area contributed by atoms with Crippen LogP contribution in [0.3, 0.4) is 0 Å². The predicted octanol–water partition coefficient (Wildman–Crippen LogP) is 3.37. The van der Waals surface area contributed by atoms with Crippen molar-refractivity contribution in [2.45, 2.75) is 19.3 Å². The van der Waals surface area contributed by atoms with Crippen LogP contribution in [0.4, 0.5) is 0 Å². The number of nitrogens with one attached hydrogen (secondary N) is 1. The van der Waals surface area contributed by atoms with Crippen molar-refractivity contribution >= 4 is 13.3 Å². The summed E-state index contributed by atoms with van der Waals surface area (Å²) in [6.07, 6.45) is 1.13. The monoisotopic (exact) mass is 359 g/mol. The first-order valence-corrected chi connectivity index (χ1v) is 9.79. The zero-order valence-corrected chi connectivity index (χ0v) is 14.9. The topological polar surface area (TPSA) is 86.6 Å². The average molecular weight is 359 g/mol. The van der Waals surface area contributed by atoms with Gasteiger partial charge in [-0.25, -0.2) is 0 Å². The van der Waals surface area contributed by atoms with Crippen LogP contribution in [0.1, 0.15) is 32.9 Å². The van der Waals surface area contributed by atoms with E-state index in [2.05, 4.69) is 11.9 Å². The standard InChI is InChI=1S/C19H22NO4P/c1-3-12-25(23,24)19(22)17-10-8-16(9-11-17)18(21)20-13-15-6-4-14(2)5-7-15/h3-11,19,22H,1,12-13H2,2H3,(H,20,21)(H,23,24). The minimum absolute atomic E-state index is 0.174. The molecule has 5 nitrogen and oxygen atoms in total. The summed E-state index contributed by atoms with van der Waals surface area (Å²) in [5, 5.41) is 12.8. The first-order valence-electron chi connectivity index (χ1n) is 7.87. The molecule has 2 rings (SSSR count). The summed E-state index contributed by atoms with van der Waals surface area (Å²) in [5.74, 6) is -1.74. The van der Waals surface area contributed by atoms with Crippen LogP contribution in [0.15, 0.2) is 61.2 Å². The van der Waals surface area contributed by atoms with Gasteiger partial charge in [0.25, 0.3) is 5.91 Å². The van der Waals surface area contributed by atoms with Crippen LogP contribution in [-0.2, 0) is 11.1 Å². The molecule has 0 aliphatic carbocycles. The number of carbonyl (C=O) groups excluding carboxylic acids is 1. The lowest BCUT2D eigenvalue weighted by Crippen LogP contribution is -2.22. The predicted molar refractivity (Wildman–Crippen MR) is 98.6 cm³/mol. The maximum atomic E-state index is 12.2. The van der Waals surface area contributed by atoms with Crippen LogP contribution in [-0.4, -0.2) is 22.1 Å². The molecule has 0 spiro atoms. The molecule has 1 amide bonds. The molecule has 25 heavy (non-hydrogen) atoms. The fraction of sp³-hybridized carbons (Fsp3) is 0.211. The second-order valence-electron chi connectivity index (χ2n) is 5.89. The van der Waals surface area contributed by atoms with E-state index in [0.717, 1.165) is 11.1 Å². The Balaban J connectivity index is 2.01. The van der Waals surface area contributed by atoms with E-state index in [1.165, 1.54) is 30.3 Å². The number of benzene rings is 2. The van der Waals surface area contributed by atoms with Crippen molar-refractivity contribution in [1.29, 1.82) is 0 Å². The number of allylic oxidation sites excluding steroid dienone is 1. The van der Waals surface area contributed by atoms with Gasteiger partial charge >= 0.3 is 0 Å². The van der Waals surface area contributed by atoms with Gasteiger partial charge in [-0.05, 0) is 30.2 Å². The molecule has 0 aromatic heterocycles. The number of aliphatic hydroxyl groups is 1. The van der Waals surface area contributed by atoms with Crippen molar-refractivity contribution in [2.24, 2.45) is 0 Å². The Kier molecular flexibility index (Phi) is 6.32. The van der Waals surface area contributed by atoms with E-state index in [9.17, 15) is 19.4 Å². The summed E-state index contributed by atoms with van der Waals surface area (Å²) < 4.78 is 12.0. The molecule has 0 aliphatic rings. The molecule has 0 saturated carbocycles. The zero-order chi connectivity index (χ0) is 18.4. The molecule has 0 aliphatic heterocycles. The third kappa shape index (κ3) is 5.13. The largest absolute Gasteiger partial charge is 0.378 e. The van der Waals surface area contributed by atoms with E-state index in [0.29, 0.717) is 17.7 Å². The van der Waals surface area contributed by atoms with Crippen molar-refractivity contribution in [3.63, 3.8) is 0 Å². The zero-order valence-electron chi connectivity index (χ0n) is 14.1. The van der Waals surface area contributed by atoms with Crippen LogP contribution >= 0.6 is 7.37 Å². The second kappa shape index (κ2) is 8.26. The first-order chi connectivity index (χ1) is 11.8. The maximum absolute atomic E-state index is 12.2. The highest BCUT2D eigenvalue weighted by molar-refractivity contribution is 7.58. The maximum Gasteiger partial charge on any atom is 0.251 e. The second-order valence-corrected chi connectivity index (χ2v) is 8.26. The molecule has 2 aromatic carbocycles. The molecular weight excluding hydrogens is 337 g/mol. The van der Waals surface area contributed by atoms with Gasteiger partial charge in [-0.2, -0.15) is 0 Å². The Labute approximate surface area is 147 Å². The van der Waals surface area contributed by atoms with Crippen LogP contribution in [0.25, 0.3) is 0 Å². The van der Waals surface area contributed by atoms with Gasteiger partial charge in [-0.3, -0.25) is 9.36 Å². The Bertz CT molecular complexity index is 784. The first kappa shape index (κ1) is 19.1. The summed E-state index contributed by atoms with van der Waals surface area (Å²) in [5.41, 5.74) is 2.86. The molecular formula is C19H22NO4P. The molecule has 6 heteroatoms. The van der Waals surface area contributed by atoms with Gasteiger partial charge in [0.2, 0.25) is 7.37 Å². The molecule has 132 valence electrons. The van der Waals surface area contributed by atoms with Gasteiger partial charge in [0.15, 0.2) is 5.85 Å². The van der Waals surface area contributed by atoms with Gasteiger partial charge in [0, 0.05) is 18.3 Å². The van der Waals surface area contributed by atoms with Crippen LogP contribution < -0.4 is 5.32 Å². The van der Waals surface area contributed by atoms with E-state index in [4.69, 9.17) is 0 Å². The SMILES string of the molecule is C=CCP(=O)(O)C(O)c1ccc(C(=O)NCc2ccc(C)cc2)cc1. The Morgan fingerprint density at radius 1 is 1.20 bits per heavy atom. The lowest BCUT2D eigenvalue weighted by molar-refractivity contribution is 0.0951. The number of carbonyl (C=O) groups is 1. The number of aliphatic hydroxyl groups excluding tert-OH is 1. The van der Waals surface area contributed by atoms with Crippen molar-refractivity contribution in [1.82, 2.24) is 5.32 Å². The van der Waals surface area contributed by atoms with Crippen LogP contribution in [0, 0.1) is 6.92 Å². The minimum Gasteiger partial charge on any atom is -0.378 e. The van der Waals surface area contributed by atoms with Crippen LogP contribution in [0.2, 0.25) is 0 Å². The molecule has 0 saturated heterocycles. The van der Waals surface area contributed by atoms with E-state index in [-0.39, 0.29) is 12.1 Å². The summed E-state index contributed by atoms with van der Waals surface area (Å²) in [7, 11) is -3.76. The number of hydrogen-bond donors (Lipinski definition) is 3. The molecule has 0 fully saturated rings. The van der Waals surface area contributed by atoms with Gasteiger partial charge in [-0.15, -0.1) is 6.58 Å². The normalized spacial score (nSPS) is 14.4. The number of amides is 1. The highest BCUT2D eigenvalue weighted by Crippen LogP contribution is 2.53. The molecule has 0 heterocycles. The van der Waals surface area contributed by atoms with E-state index in [1.807, 2.05) is 31.2 Å². The smallest absolute Gasteiger partial charge is 0.251 e. The lowest BCUT2D eigenvalue weighted by atomic mass is 10.1. The van der Waals surface area contributed by atoms with E-state index >= 15 is 0 Å². The van der Waals surface area contributed by atoms with Gasteiger partial charge in [0.1, 0.15) is 0 Å². The Hall–Kier alpha value is -2.20. The van der Waals surface area contributed by atoms with Crippen molar-refractivity contribution in [3.05, 3.63) is 83.4 Å². The summed E-state index contributed by atoms with van der Waals surface area (Å²) in [6, 6.07) is 13.9. The Morgan fingerprint density at radius 3 is 2.36 bits per heavy atom. The number of rotatable bonds is 7. The fourth-order valence-corrected chi connectivity index (χ4v) is 3.52. The molecule has 2 unspecified atom stereocenters. The van der Waals surface area contributed by atoms with Crippen molar-refractivity contribution < 1.29 is 19.4 Å². The fourth-order valence-electron chi connectivity index (χ4n) is 2.31. The molecule has 2 atom stereocenters. The van der Waals surface area contributed by atoms with Gasteiger partial charge in [0.05, 0.1) is 0 Å². The lowest BCUT2D eigenvalue weighted by Gasteiger charge is -2.17. The molecule has 2 aromatic rings. The minimum atomic E-state index is -3.76. The molecule has 3 N–H and O–H groups in total. The number of aryl methyl sites for hydroxylation is 1. The van der Waals surface area contributed by atoms with Crippen LogP contribution in [0.5, 0.6) is 0 Å². The third-order valence-electron chi connectivity index (χ3n) is 3.82. The average Bonchev–Trinajstić information content (AvgIpc) is 2.60. The molecule has 0 radical (unpaired) electrons. The van der Waals surface area contributed by atoms with Gasteiger partial charge < -0.3 is 15.3 Å². The Morgan fingerprint density at radius 2 is 1.80 bits per heavy atom. The summed E-state index contributed by atoms with van der Waals surface area (Å²) in [6.45, 7) is 5.82. The highest BCUT2D eigenvalue weighted by atomic mass is 31.2. The van der Waals surface area contributed by atoms with E-state index < -0.39 is 13.2 Å². The third-order valence-corrected chi connectivity index (χ3v) is 5.66. The van der Waals surface area contributed by atoms with Crippen molar-refractivity contribution in [2.75, 3.05) is 6.16 Å². The number of hydrogen-bond acceptors (Lipinski definition) is 3. The summed E-state index contributed by atoms with van der Waals surface area (Å²) >= 11 is 0. The van der Waals surface area contributed by atoms with E-state index in [1.54, 1.807) is 0 Å².